The zero-order valence-corrected chi connectivity index (χ0v) is 8.90. The number of methoxy groups -OCH3 is 1. The second-order valence-corrected chi connectivity index (χ2v) is 3.23. The number of aromatic nitrogens is 1. The third-order valence-corrected chi connectivity index (χ3v) is 2.28. The van der Waals surface area contributed by atoms with Gasteiger partial charge in [0.05, 0.1) is 7.11 Å². The maximum Gasteiger partial charge on any atom is 0.214 e. The fourth-order valence-electron chi connectivity index (χ4n) is 1.10. The van der Waals surface area contributed by atoms with Crippen molar-refractivity contribution in [1.82, 2.24) is 4.98 Å². The number of nitrogens with zero attached hydrogens (tertiary/aromatic N) is 2. The van der Waals surface area contributed by atoms with Crippen LogP contribution in [0.5, 0.6) is 5.88 Å². The lowest BCUT2D eigenvalue weighted by molar-refractivity contribution is 0.397. The molecule has 0 amide bonds. The van der Waals surface area contributed by atoms with Crippen molar-refractivity contribution in [2.75, 3.05) is 25.6 Å². The molecule has 0 aromatic carbocycles. The summed E-state index contributed by atoms with van der Waals surface area (Å²) in [6.07, 6.45) is 0. The Morgan fingerprint density at radius 3 is 2.86 bits per heavy atom. The maximum absolute atomic E-state index is 5.58. The summed E-state index contributed by atoms with van der Waals surface area (Å²) < 4.78 is 5.05. The first-order valence-electron chi connectivity index (χ1n) is 4.63. The normalized spacial score (nSPS) is 12.3. The highest BCUT2D eigenvalue weighted by molar-refractivity contribution is 5.40. The zero-order valence-electron chi connectivity index (χ0n) is 8.90. The van der Waals surface area contributed by atoms with Gasteiger partial charge in [0.25, 0.3) is 0 Å². The number of nitrogens with two attached hydrogens (primary N) is 1. The molecule has 2 N–H and O–H groups in total. The van der Waals surface area contributed by atoms with Crippen LogP contribution in [0.25, 0.3) is 0 Å². The van der Waals surface area contributed by atoms with E-state index in [1.807, 2.05) is 30.1 Å². The second-order valence-electron chi connectivity index (χ2n) is 3.23. The first-order chi connectivity index (χ1) is 6.69. The van der Waals surface area contributed by atoms with Gasteiger partial charge in [-0.15, -0.1) is 0 Å². The average molecular weight is 195 g/mol. The lowest BCUT2D eigenvalue weighted by Gasteiger charge is -2.24. The van der Waals surface area contributed by atoms with E-state index >= 15 is 0 Å². The standard InChI is InChI=1S/C10H17N3O/c1-8(7-11)13(2)9-5-4-6-10(12-9)14-3/h4-6,8H,7,11H2,1-3H3. The van der Waals surface area contributed by atoms with Crippen molar-refractivity contribution >= 4 is 5.82 Å². The van der Waals surface area contributed by atoms with Gasteiger partial charge in [-0.3, -0.25) is 0 Å². The van der Waals surface area contributed by atoms with Gasteiger partial charge in [0.1, 0.15) is 5.82 Å². The largest absolute Gasteiger partial charge is 0.481 e. The third kappa shape index (κ3) is 2.35. The monoisotopic (exact) mass is 195 g/mol. The van der Waals surface area contributed by atoms with Gasteiger partial charge >= 0.3 is 0 Å². The van der Waals surface area contributed by atoms with Crippen LogP contribution in [0.2, 0.25) is 0 Å². The Morgan fingerprint density at radius 1 is 1.57 bits per heavy atom. The molecule has 4 heteroatoms. The fourth-order valence-corrected chi connectivity index (χ4v) is 1.10. The van der Waals surface area contributed by atoms with Crippen LogP contribution >= 0.6 is 0 Å². The lowest BCUT2D eigenvalue weighted by Crippen LogP contribution is -2.35. The van der Waals surface area contributed by atoms with Gasteiger partial charge in [0.15, 0.2) is 0 Å². The van der Waals surface area contributed by atoms with E-state index in [1.165, 1.54) is 0 Å². The minimum atomic E-state index is 0.273. The molecule has 1 unspecified atom stereocenters. The van der Waals surface area contributed by atoms with Gasteiger partial charge in [0.2, 0.25) is 5.88 Å². The van der Waals surface area contributed by atoms with Crippen LogP contribution in [-0.2, 0) is 0 Å². The van der Waals surface area contributed by atoms with Gasteiger partial charge in [-0.1, -0.05) is 6.07 Å². The number of anilines is 1. The highest BCUT2D eigenvalue weighted by Gasteiger charge is 2.09. The quantitative estimate of drug-likeness (QED) is 0.774. The van der Waals surface area contributed by atoms with Gasteiger partial charge in [-0.2, -0.15) is 4.98 Å². The summed E-state index contributed by atoms with van der Waals surface area (Å²) in [4.78, 5) is 6.34. The Kier molecular flexibility index (Phi) is 3.71. The van der Waals surface area contributed by atoms with E-state index in [-0.39, 0.29) is 6.04 Å². The molecule has 0 spiro atoms. The van der Waals surface area contributed by atoms with Crippen LogP contribution in [0.1, 0.15) is 6.92 Å². The topological polar surface area (TPSA) is 51.4 Å². The van der Waals surface area contributed by atoms with Crippen LogP contribution in [0, 0.1) is 0 Å². The first kappa shape index (κ1) is 10.8. The van der Waals surface area contributed by atoms with E-state index in [1.54, 1.807) is 7.11 Å². The number of pyridine rings is 1. The highest BCUT2D eigenvalue weighted by Crippen LogP contribution is 2.15. The van der Waals surface area contributed by atoms with Crippen molar-refractivity contribution in [1.29, 1.82) is 0 Å². The molecule has 14 heavy (non-hydrogen) atoms. The third-order valence-electron chi connectivity index (χ3n) is 2.28. The molecule has 1 atom stereocenters. The zero-order chi connectivity index (χ0) is 10.6. The maximum atomic E-state index is 5.58. The summed E-state index contributed by atoms with van der Waals surface area (Å²) in [7, 11) is 3.58. The first-order valence-corrected chi connectivity index (χ1v) is 4.63. The van der Waals surface area contributed by atoms with E-state index in [0.29, 0.717) is 12.4 Å². The Morgan fingerprint density at radius 2 is 2.29 bits per heavy atom. The van der Waals surface area contributed by atoms with Gasteiger partial charge in [-0.05, 0) is 13.0 Å². The van der Waals surface area contributed by atoms with E-state index in [2.05, 4.69) is 11.9 Å². The molecule has 0 bridgehead atoms. The van der Waals surface area contributed by atoms with Crippen LogP contribution in [0.4, 0.5) is 5.82 Å². The molecular weight excluding hydrogens is 178 g/mol. The molecule has 4 nitrogen and oxygen atoms in total. The van der Waals surface area contributed by atoms with E-state index in [4.69, 9.17) is 10.5 Å². The lowest BCUT2D eigenvalue weighted by atomic mass is 10.3. The number of ether oxygens (including phenoxy) is 1. The summed E-state index contributed by atoms with van der Waals surface area (Å²) in [6.45, 7) is 2.66. The van der Waals surface area contributed by atoms with Crippen molar-refractivity contribution in [2.45, 2.75) is 13.0 Å². The molecule has 0 radical (unpaired) electrons. The number of rotatable bonds is 4. The van der Waals surface area contributed by atoms with E-state index < -0.39 is 0 Å². The molecule has 0 aliphatic rings. The van der Waals surface area contributed by atoms with Gasteiger partial charge in [0, 0.05) is 25.7 Å². The van der Waals surface area contributed by atoms with Crippen molar-refractivity contribution < 1.29 is 4.74 Å². The van der Waals surface area contributed by atoms with E-state index in [0.717, 1.165) is 5.82 Å². The van der Waals surface area contributed by atoms with Crippen LogP contribution in [0.3, 0.4) is 0 Å². The molecule has 0 fully saturated rings. The van der Waals surface area contributed by atoms with Crippen molar-refractivity contribution in [3.63, 3.8) is 0 Å². The smallest absolute Gasteiger partial charge is 0.214 e. The van der Waals surface area contributed by atoms with Crippen LogP contribution < -0.4 is 15.4 Å². The molecular formula is C10H17N3O. The summed E-state index contributed by atoms with van der Waals surface area (Å²) in [5.74, 6) is 1.50. The Hall–Kier alpha value is -1.29. The number of hydrogen-bond donors (Lipinski definition) is 1. The van der Waals surface area contributed by atoms with Crippen molar-refractivity contribution in [3.8, 4) is 5.88 Å². The summed E-state index contributed by atoms with van der Waals surface area (Å²) in [5, 5.41) is 0. The summed E-state index contributed by atoms with van der Waals surface area (Å²) in [5.41, 5.74) is 5.58. The van der Waals surface area contributed by atoms with Crippen LogP contribution in [0.15, 0.2) is 18.2 Å². The number of likely N-dealkylation sites (N-methyl/N-ethyl adjacent to an activating group) is 1. The van der Waals surface area contributed by atoms with Crippen molar-refractivity contribution in [3.05, 3.63) is 18.2 Å². The van der Waals surface area contributed by atoms with E-state index in [9.17, 15) is 0 Å². The predicted octanol–water partition coefficient (Wildman–Crippen LogP) is 0.874. The average Bonchev–Trinajstić information content (AvgIpc) is 2.27. The van der Waals surface area contributed by atoms with Gasteiger partial charge < -0.3 is 15.4 Å². The predicted molar refractivity (Wildman–Crippen MR) is 57.7 cm³/mol. The second kappa shape index (κ2) is 4.81. The molecule has 1 aromatic rings. The minimum absolute atomic E-state index is 0.273. The highest BCUT2D eigenvalue weighted by atomic mass is 16.5. The minimum Gasteiger partial charge on any atom is -0.481 e. The Bertz CT molecular complexity index is 290. The fraction of sp³-hybridized carbons (Fsp3) is 0.500. The molecule has 0 aliphatic heterocycles. The molecule has 0 saturated carbocycles. The SMILES string of the molecule is COc1cccc(N(C)C(C)CN)n1. The molecule has 1 rings (SSSR count). The molecule has 1 aromatic heterocycles. The van der Waals surface area contributed by atoms with Gasteiger partial charge in [-0.25, -0.2) is 0 Å². The Labute approximate surface area is 84.7 Å². The van der Waals surface area contributed by atoms with Crippen LogP contribution in [-0.4, -0.2) is 31.7 Å². The molecule has 1 heterocycles. The number of hydrogen-bond acceptors (Lipinski definition) is 4. The Balaban J connectivity index is 2.83. The molecule has 78 valence electrons. The molecule has 0 aliphatic carbocycles. The van der Waals surface area contributed by atoms with Crippen molar-refractivity contribution in [2.24, 2.45) is 5.73 Å². The molecule has 0 saturated heterocycles. The summed E-state index contributed by atoms with van der Waals surface area (Å²) >= 11 is 0. The summed E-state index contributed by atoms with van der Waals surface area (Å²) in [6, 6.07) is 5.95.